The van der Waals surface area contributed by atoms with Crippen LogP contribution in [0.1, 0.15) is 95.3 Å². The molecular weight excluding hydrogens is 674 g/mol. The summed E-state index contributed by atoms with van der Waals surface area (Å²) in [4.78, 5) is 54.7. The Morgan fingerprint density at radius 3 is 2.32 bits per heavy atom. The first kappa shape index (κ1) is 36.3. The summed E-state index contributed by atoms with van der Waals surface area (Å²) in [5.41, 5.74) is 2.09. The van der Waals surface area contributed by atoms with Crippen molar-refractivity contribution >= 4 is 52.1 Å². The van der Waals surface area contributed by atoms with Crippen molar-refractivity contribution in [2.45, 2.75) is 104 Å². The molecule has 0 unspecified atom stereocenters. The van der Waals surface area contributed by atoms with Gasteiger partial charge < -0.3 is 24.4 Å². The third-order valence-corrected chi connectivity index (χ3v) is 9.86. The summed E-state index contributed by atoms with van der Waals surface area (Å²) < 4.78 is 18.4. The van der Waals surface area contributed by atoms with Crippen molar-refractivity contribution in [3.05, 3.63) is 64.5 Å². The van der Waals surface area contributed by atoms with E-state index >= 15 is 0 Å². The van der Waals surface area contributed by atoms with Crippen LogP contribution in [-0.2, 0) is 30.8 Å². The first-order valence-corrected chi connectivity index (χ1v) is 18.4. The van der Waals surface area contributed by atoms with Crippen molar-refractivity contribution in [3.8, 4) is 0 Å². The standard InChI is InChI=1S/C40H49N7O6/c1-10-11-31-41-32(24(3)34(42-31)45-16-18-51-19-17-45)43-33-26-14-13-25(21-30(26)47(44-33)37(50)53-39(7,8)9)28-22-40(28)27-20-23(2)12-15-29(27)46(35(40)48)36(49)52-38(4,5)6/h12-15,20-21,28H,10-11,16-19,22H2,1-9H3,(H,41,42,43,44)/t28-,40-/m0/s1. The number of rotatable bonds is 6. The summed E-state index contributed by atoms with van der Waals surface area (Å²) in [6.45, 7) is 19.5. The second kappa shape index (κ2) is 13.1. The van der Waals surface area contributed by atoms with Crippen molar-refractivity contribution in [3.63, 3.8) is 0 Å². The molecule has 4 heterocycles. The largest absolute Gasteiger partial charge is 0.443 e. The van der Waals surface area contributed by atoms with Crippen LogP contribution in [0.5, 0.6) is 0 Å². The second-order valence-corrected chi connectivity index (χ2v) is 16.3. The number of nitrogens with zero attached hydrogens (tertiary/aromatic N) is 6. The van der Waals surface area contributed by atoms with Gasteiger partial charge in [-0.15, -0.1) is 5.10 Å². The molecule has 13 heteroatoms. The van der Waals surface area contributed by atoms with E-state index in [0.29, 0.717) is 54.3 Å². The molecule has 53 heavy (non-hydrogen) atoms. The minimum absolute atomic E-state index is 0.248. The lowest BCUT2D eigenvalue weighted by Crippen LogP contribution is -2.41. The monoisotopic (exact) mass is 723 g/mol. The summed E-state index contributed by atoms with van der Waals surface area (Å²) in [5, 5.41) is 8.90. The Morgan fingerprint density at radius 2 is 1.64 bits per heavy atom. The molecule has 1 N–H and O–H groups in total. The highest BCUT2D eigenvalue weighted by Gasteiger charge is 2.68. The number of imide groups is 1. The molecule has 0 bridgehead atoms. The van der Waals surface area contributed by atoms with Gasteiger partial charge in [-0.3, -0.25) is 4.79 Å². The normalized spacial score (nSPS) is 19.9. The summed E-state index contributed by atoms with van der Waals surface area (Å²) in [6.07, 6.45) is 0.770. The van der Waals surface area contributed by atoms with Crippen molar-refractivity contribution in [1.29, 1.82) is 0 Å². The molecule has 2 aromatic heterocycles. The molecule has 2 amide bonds. The fraction of sp³-hybridized carbons (Fsp3) is 0.500. The van der Waals surface area contributed by atoms with E-state index in [1.165, 1.54) is 9.58 Å². The maximum atomic E-state index is 14.3. The van der Waals surface area contributed by atoms with E-state index in [2.05, 4.69) is 17.1 Å². The number of anilines is 4. The molecule has 1 spiro atoms. The van der Waals surface area contributed by atoms with Gasteiger partial charge in [0.25, 0.3) is 0 Å². The molecule has 2 aromatic carbocycles. The van der Waals surface area contributed by atoms with Crippen molar-refractivity contribution in [1.82, 2.24) is 19.7 Å². The second-order valence-electron chi connectivity index (χ2n) is 16.3. The predicted octanol–water partition coefficient (Wildman–Crippen LogP) is 7.47. The number of benzene rings is 2. The minimum atomic E-state index is -0.937. The summed E-state index contributed by atoms with van der Waals surface area (Å²) in [6, 6.07) is 11.5. The molecule has 7 rings (SSSR count). The summed E-state index contributed by atoms with van der Waals surface area (Å²) in [7, 11) is 0. The molecule has 1 aliphatic carbocycles. The number of hydrogen-bond donors (Lipinski definition) is 1. The van der Waals surface area contributed by atoms with Crippen LogP contribution in [0, 0.1) is 13.8 Å². The number of carbonyl (C=O) groups excluding carboxylic acids is 3. The molecule has 13 nitrogen and oxygen atoms in total. The van der Waals surface area contributed by atoms with Crippen molar-refractivity contribution < 1.29 is 28.6 Å². The van der Waals surface area contributed by atoms with Gasteiger partial charge >= 0.3 is 12.2 Å². The molecular formula is C40H49N7O6. The predicted molar refractivity (Wildman–Crippen MR) is 202 cm³/mol. The Labute approximate surface area is 310 Å². The van der Waals surface area contributed by atoms with Crippen LogP contribution in [0.3, 0.4) is 0 Å². The maximum absolute atomic E-state index is 14.3. The number of ether oxygens (including phenoxy) is 3. The molecule has 1 saturated heterocycles. The molecule has 4 aromatic rings. The molecule has 280 valence electrons. The molecule has 2 fully saturated rings. The van der Waals surface area contributed by atoms with E-state index in [1.807, 2.05) is 71.0 Å². The zero-order chi connectivity index (χ0) is 38.0. The Morgan fingerprint density at radius 1 is 0.943 bits per heavy atom. The van der Waals surface area contributed by atoms with Crippen LogP contribution in [0.25, 0.3) is 10.9 Å². The van der Waals surface area contributed by atoms with Crippen molar-refractivity contribution in [2.24, 2.45) is 0 Å². The Balaban J connectivity index is 1.29. The molecule has 3 aliphatic rings. The number of fused-ring (bicyclic) bond motifs is 3. The van der Waals surface area contributed by atoms with Crippen LogP contribution < -0.4 is 15.1 Å². The third kappa shape index (κ3) is 6.71. The highest BCUT2D eigenvalue weighted by Crippen LogP contribution is 2.66. The quantitative estimate of drug-likeness (QED) is 0.212. The van der Waals surface area contributed by atoms with Crippen LogP contribution in [0.15, 0.2) is 36.4 Å². The zero-order valence-electron chi connectivity index (χ0n) is 32.1. The Bertz CT molecular complexity index is 2120. The van der Waals surface area contributed by atoms with Crippen molar-refractivity contribution in [2.75, 3.05) is 41.4 Å². The van der Waals surface area contributed by atoms with Crippen LogP contribution in [-0.4, -0.2) is 75.3 Å². The number of carbonyl (C=O) groups is 3. The van der Waals surface area contributed by atoms with Gasteiger partial charge in [0.1, 0.15) is 28.7 Å². The number of nitrogens with one attached hydrogen (secondary N) is 1. The van der Waals surface area contributed by atoms with Gasteiger partial charge in [0.15, 0.2) is 5.82 Å². The number of hydrogen-bond acceptors (Lipinski definition) is 11. The third-order valence-electron chi connectivity index (χ3n) is 9.86. The maximum Gasteiger partial charge on any atom is 0.435 e. The molecule has 0 radical (unpaired) electrons. The minimum Gasteiger partial charge on any atom is -0.443 e. The van der Waals surface area contributed by atoms with E-state index in [0.717, 1.165) is 53.4 Å². The first-order valence-electron chi connectivity index (χ1n) is 18.4. The average molecular weight is 724 g/mol. The van der Waals surface area contributed by atoms with Gasteiger partial charge in [0, 0.05) is 36.4 Å². The molecule has 2 atom stereocenters. The van der Waals surface area contributed by atoms with E-state index in [4.69, 9.17) is 29.3 Å². The van der Waals surface area contributed by atoms with Gasteiger partial charge in [0.05, 0.1) is 29.8 Å². The fourth-order valence-corrected chi connectivity index (χ4v) is 7.40. The average Bonchev–Trinajstić information content (AvgIpc) is 3.67. The molecule has 2 aliphatic heterocycles. The Kier molecular flexibility index (Phi) is 8.99. The van der Waals surface area contributed by atoms with Gasteiger partial charge in [-0.2, -0.15) is 4.68 Å². The zero-order valence-corrected chi connectivity index (χ0v) is 32.1. The smallest absolute Gasteiger partial charge is 0.435 e. The SMILES string of the molecule is CCCc1nc(Nc2nn(C(=O)OC(C)(C)C)c3cc([C@@H]4C[C@@]45C(=O)N(C(=O)OC(C)(C)C)c4ccc(C)cc45)ccc23)c(C)c(N2CCOCC2)n1. The van der Waals surface area contributed by atoms with Gasteiger partial charge in [-0.25, -0.2) is 24.5 Å². The van der Waals surface area contributed by atoms with Gasteiger partial charge in [-0.05, 0) is 97.6 Å². The summed E-state index contributed by atoms with van der Waals surface area (Å²) >= 11 is 0. The highest BCUT2D eigenvalue weighted by molar-refractivity contribution is 6.23. The Hall–Kier alpha value is -5.04. The highest BCUT2D eigenvalue weighted by atomic mass is 16.6. The van der Waals surface area contributed by atoms with Gasteiger partial charge in [0.2, 0.25) is 5.91 Å². The molecule has 1 saturated carbocycles. The van der Waals surface area contributed by atoms with E-state index in [1.54, 1.807) is 20.8 Å². The number of amides is 2. The number of morpholine rings is 1. The van der Waals surface area contributed by atoms with Crippen LogP contribution in [0.4, 0.5) is 32.7 Å². The number of aryl methyl sites for hydroxylation is 2. The van der Waals surface area contributed by atoms with E-state index in [9.17, 15) is 14.4 Å². The van der Waals surface area contributed by atoms with Gasteiger partial charge in [-0.1, -0.05) is 30.7 Å². The van der Waals surface area contributed by atoms with E-state index in [-0.39, 0.29) is 11.8 Å². The topological polar surface area (TPSA) is 141 Å². The lowest BCUT2D eigenvalue weighted by Gasteiger charge is -2.29. The lowest BCUT2D eigenvalue weighted by atomic mass is 9.91. The van der Waals surface area contributed by atoms with E-state index < -0.39 is 28.8 Å². The first-order chi connectivity index (χ1) is 25.0. The van der Waals surface area contributed by atoms with Crippen LogP contribution in [0.2, 0.25) is 0 Å². The van der Waals surface area contributed by atoms with Crippen LogP contribution >= 0.6 is 0 Å². The summed E-state index contributed by atoms with van der Waals surface area (Å²) in [5.74, 6) is 2.06. The number of aromatic nitrogens is 4. The lowest BCUT2D eigenvalue weighted by molar-refractivity contribution is -0.120. The fourth-order valence-electron chi connectivity index (χ4n) is 7.40.